The van der Waals surface area contributed by atoms with Crippen molar-refractivity contribution in [3.63, 3.8) is 0 Å². The fourth-order valence-electron chi connectivity index (χ4n) is 2.95. The first kappa shape index (κ1) is 26.1. The highest BCUT2D eigenvalue weighted by Crippen LogP contribution is 2.37. The predicted octanol–water partition coefficient (Wildman–Crippen LogP) is 4.28. The van der Waals surface area contributed by atoms with Gasteiger partial charge in [-0.05, 0) is 49.6 Å². The number of hydrogen-bond donors (Lipinski definition) is 2. The van der Waals surface area contributed by atoms with Crippen molar-refractivity contribution in [2.75, 3.05) is 26.9 Å². The first-order chi connectivity index (χ1) is 15.8. The Bertz CT molecular complexity index is 966. The van der Waals surface area contributed by atoms with E-state index in [-0.39, 0.29) is 40.6 Å². The monoisotopic (exact) mass is 478 g/mol. The molecule has 8 nitrogen and oxygen atoms in total. The number of carbonyl (C=O) groups is 2. The predicted molar refractivity (Wildman–Crippen MR) is 127 cm³/mol. The van der Waals surface area contributed by atoms with Crippen molar-refractivity contribution in [3.8, 4) is 23.0 Å². The molecule has 1 atom stereocenters. The van der Waals surface area contributed by atoms with Gasteiger partial charge in [-0.2, -0.15) is 0 Å². The molecule has 0 aliphatic rings. The van der Waals surface area contributed by atoms with Crippen LogP contribution in [0.2, 0.25) is 5.02 Å². The molecule has 0 aliphatic heterocycles. The molecule has 2 aromatic rings. The lowest BCUT2D eigenvalue weighted by Gasteiger charge is -2.19. The minimum absolute atomic E-state index is 0.126. The van der Waals surface area contributed by atoms with E-state index in [9.17, 15) is 9.59 Å². The quantitative estimate of drug-likeness (QED) is 0.444. The van der Waals surface area contributed by atoms with Crippen LogP contribution in [0.4, 0.5) is 0 Å². The van der Waals surface area contributed by atoms with Gasteiger partial charge in [0, 0.05) is 5.56 Å². The Kier molecular flexibility index (Phi) is 10.1. The van der Waals surface area contributed by atoms with E-state index in [1.165, 1.54) is 19.2 Å². The zero-order valence-electron chi connectivity index (χ0n) is 19.4. The number of nitrogens with one attached hydrogen (secondary N) is 1. The molecule has 9 heteroatoms. The number of benzene rings is 2. The third-order valence-electron chi connectivity index (χ3n) is 4.59. The molecule has 0 saturated carbocycles. The number of rotatable bonds is 13. The molecule has 180 valence electrons. The molecule has 2 rings (SSSR count). The highest BCUT2D eigenvalue weighted by molar-refractivity contribution is 6.32. The topological polar surface area (TPSA) is 109 Å². The fourth-order valence-corrected chi connectivity index (χ4v) is 3.21. The molecule has 3 N–H and O–H groups in total. The largest absolute Gasteiger partial charge is 0.493 e. The molecule has 33 heavy (non-hydrogen) atoms. The van der Waals surface area contributed by atoms with Crippen molar-refractivity contribution in [1.82, 2.24) is 5.32 Å². The Hall–Kier alpha value is -3.13. The van der Waals surface area contributed by atoms with Crippen LogP contribution in [0.15, 0.2) is 30.3 Å². The number of nitrogens with two attached hydrogens (primary N) is 1. The van der Waals surface area contributed by atoms with E-state index in [4.69, 9.17) is 36.3 Å². The zero-order valence-corrected chi connectivity index (χ0v) is 20.2. The van der Waals surface area contributed by atoms with Gasteiger partial charge in [-0.15, -0.1) is 0 Å². The molecule has 1 unspecified atom stereocenters. The van der Waals surface area contributed by atoms with Crippen molar-refractivity contribution in [1.29, 1.82) is 0 Å². The number of amides is 2. The van der Waals surface area contributed by atoms with E-state index in [2.05, 4.69) is 5.32 Å². The van der Waals surface area contributed by atoms with Gasteiger partial charge in [0.2, 0.25) is 0 Å². The average molecular weight is 479 g/mol. The molecule has 2 amide bonds. The number of ether oxygens (including phenoxy) is 4. The number of primary amides is 1. The van der Waals surface area contributed by atoms with E-state index in [0.29, 0.717) is 24.7 Å². The lowest BCUT2D eigenvalue weighted by Crippen LogP contribution is -2.27. The van der Waals surface area contributed by atoms with E-state index in [0.717, 1.165) is 18.4 Å². The Morgan fingerprint density at radius 2 is 1.67 bits per heavy atom. The summed E-state index contributed by atoms with van der Waals surface area (Å²) in [6, 6.07) is 8.23. The van der Waals surface area contributed by atoms with E-state index < -0.39 is 5.91 Å². The number of hydrogen-bond acceptors (Lipinski definition) is 6. The summed E-state index contributed by atoms with van der Waals surface area (Å²) in [6.07, 6.45) is 1.76. The van der Waals surface area contributed by atoms with Gasteiger partial charge >= 0.3 is 0 Å². The Balaban J connectivity index is 2.20. The summed E-state index contributed by atoms with van der Waals surface area (Å²) in [4.78, 5) is 23.9. The molecule has 0 radical (unpaired) electrons. The molecule has 0 aromatic heterocycles. The fraction of sp³-hybridized carbons (Fsp3) is 0.417. The summed E-state index contributed by atoms with van der Waals surface area (Å²) >= 11 is 6.26. The van der Waals surface area contributed by atoms with Crippen molar-refractivity contribution < 1.29 is 28.5 Å². The third-order valence-corrected chi connectivity index (χ3v) is 4.87. The first-order valence-electron chi connectivity index (χ1n) is 10.8. The maximum atomic E-state index is 12.9. The SMILES string of the molecule is CCCOc1ccc(C(C)NC(=O)c2cc(Cl)c(OCC(N)=O)c(OC)c2)cc1OCCC. The summed E-state index contributed by atoms with van der Waals surface area (Å²) < 4.78 is 22.2. The molecular formula is C24H31ClN2O6. The first-order valence-corrected chi connectivity index (χ1v) is 11.2. The highest BCUT2D eigenvalue weighted by Gasteiger charge is 2.19. The normalized spacial score (nSPS) is 11.4. The maximum Gasteiger partial charge on any atom is 0.255 e. The molecular weight excluding hydrogens is 448 g/mol. The minimum atomic E-state index is -0.655. The zero-order chi connectivity index (χ0) is 24.4. The summed E-state index contributed by atoms with van der Waals surface area (Å²) in [7, 11) is 1.41. The Morgan fingerprint density at radius 3 is 2.27 bits per heavy atom. The minimum Gasteiger partial charge on any atom is -0.493 e. The molecule has 0 saturated heterocycles. The number of halogens is 1. The summed E-state index contributed by atoms with van der Waals surface area (Å²) in [5.74, 6) is 0.668. The standard InChI is InChI=1S/C24H31ClN2O6/c1-5-9-31-19-8-7-16(12-20(19)32-10-6-2)15(3)27-24(29)17-11-18(25)23(21(13-17)30-4)33-14-22(26)28/h7-8,11-13,15H,5-6,9-10,14H2,1-4H3,(H2,26,28)(H,27,29). The maximum absolute atomic E-state index is 12.9. The summed E-state index contributed by atoms with van der Waals surface area (Å²) in [6.45, 7) is 6.73. The van der Waals surface area contributed by atoms with Gasteiger partial charge in [0.15, 0.2) is 29.6 Å². The third kappa shape index (κ3) is 7.46. The van der Waals surface area contributed by atoms with Crippen molar-refractivity contribution in [3.05, 3.63) is 46.5 Å². The van der Waals surface area contributed by atoms with Crippen LogP contribution in [0.3, 0.4) is 0 Å². The molecule has 0 aliphatic carbocycles. The van der Waals surface area contributed by atoms with Gasteiger partial charge in [0.05, 0.1) is 31.4 Å². The molecule has 0 bridgehead atoms. The van der Waals surface area contributed by atoms with E-state index >= 15 is 0 Å². The van der Waals surface area contributed by atoms with Gasteiger partial charge in [-0.25, -0.2) is 0 Å². The molecule has 0 spiro atoms. The van der Waals surface area contributed by atoms with Crippen LogP contribution in [-0.4, -0.2) is 38.7 Å². The number of methoxy groups -OCH3 is 1. The molecule has 0 heterocycles. The van der Waals surface area contributed by atoms with Gasteiger partial charge in [0.1, 0.15) is 0 Å². The number of carbonyl (C=O) groups excluding carboxylic acids is 2. The van der Waals surface area contributed by atoms with Crippen molar-refractivity contribution >= 4 is 23.4 Å². The van der Waals surface area contributed by atoms with Crippen LogP contribution in [-0.2, 0) is 4.79 Å². The van der Waals surface area contributed by atoms with E-state index in [1.54, 1.807) is 0 Å². The lowest BCUT2D eigenvalue weighted by atomic mass is 10.1. The van der Waals surface area contributed by atoms with Crippen LogP contribution >= 0.6 is 11.6 Å². The van der Waals surface area contributed by atoms with E-state index in [1.807, 2.05) is 39.0 Å². The van der Waals surface area contributed by atoms with Crippen LogP contribution in [0, 0.1) is 0 Å². The smallest absolute Gasteiger partial charge is 0.255 e. The van der Waals surface area contributed by atoms with Crippen LogP contribution in [0.5, 0.6) is 23.0 Å². The lowest BCUT2D eigenvalue weighted by molar-refractivity contribution is -0.119. The second kappa shape index (κ2) is 12.8. The molecule has 2 aromatic carbocycles. The van der Waals surface area contributed by atoms with Crippen LogP contribution in [0.25, 0.3) is 0 Å². The molecule has 0 fully saturated rings. The van der Waals surface area contributed by atoms with Gasteiger partial charge in [-0.1, -0.05) is 31.5 Å². The Labute approximate surface area is 199 Å². The Morgan fingerprint density at radius 1 is 1.00 bits per heavy atom. The van der Waals surface area contributed by atoms with Gasteiger partial charge in [-0.3, -0.25) is 9.59 Å². The average Bonchev–Trinajstić information content (AvgIpc) is 2.79. The summed E-state index contributed by atoms with van der Waals surface area (Å²) in [5.41, 5.74) is 6.25. The van der Waals surface area contributed by atoms with Crippen molar-refractivity contribution in [2.45, 2.75) is 39.7 Å². The van der Waals surface area contributed by atoms with Gasteiger partial charge in [0.25, 0.3) is 11.8 Å². The summed E-state index contributed by atoms with van der Waals surface area (Å²) in [5, 5.41) is 3.07. The highest BCUT2D eigenvalue weighted by atomic mass is 35.5. The second-order valence-electron chi connectivity index (χ2n) is 7.34. The van der Waals surface area contributed by atoms with Crippen LogP contribution in [0.1, 0.15) is 55.6 Å². The van der Waals surface area contributed by atoms with Crippen LogP contribution < -0.4 is 30.0 Å². The van der Waals surface area contributed by atoms with Crippen molar-refractivity contribution in [2.24, 2.45) is 5.73 Å². The second-order valence-corrected chi connectivity index (χ2v) is 7.75. The van der Waals surface area contributed by atoms with Gasteiger partial charge < -0.3 is 30.0 Å².